The first-order chi connectivity index (χ1) is 3.27. The molecule has 0 amide bonds. The molecule has 0 bridgehead atoms. The Hall–Kier alpha value is 0.434. The molecule has 0 saturated heterocycles. The molecular weight excluding hydrogens is 132 g/mol. The van der Waals surface area contributed by atoms with Crippen molar-refractivity contribution in [2.24, 2.45) is 0 Å². The molecule has 0 radical (unpaired) electrons. The summed E-state index contributed by atoms with van der Waals surface area (Å²) >= 11 is -3.16. The Morgan fingerprint density at radius 2 is 2.43 bits per heavy atom. The molecule has 4 heteroatoms. The van der Waals surface area contributed by atoms with Crippen LogP contribution >= 0.6 is 0 Å². The standard InChI is InChI=1S/C3H7O.H2O.O.Ti/c1-2-3-4;;;/h2-3H2,1H3;1H2;;/q-1;;;+2/p-1. The van der Waals surface area contributed by atoms with E-state index in [-0.39, 0.29) is 0 Å². The van der Waals surface area contributed by atoms with E-state index in [2.05, 4.69) is 3.32 Å². The fraction of sp³-hybridized carbons (Fsp3) is 1.00. The van der Waals surface area contributed by atoms with Crippen LogP contribution in [0.1, 0.15) is 13.3 Å². The van der Waals surface area contributed by atoms with Crippen LogP contribution in [0, 0.1) is 0 Å². The monoisotopic (exact) mass is 140 g/mol. The molecule has 0 aromatic heterocycles. The first kappa shape index (κ1) is 7.43. The fourth-order valence-electron chi connectivity index (χ4n) is 0.189. The summed E-state index contributed by atoms with van der Waals surface area (Å²) < 4.78 is 22.2. The minimum atomic E-state index is -3.16. The molecule has 3 nitrogen and oxygen atoms in total. The fourth-order valence-corrected chi connectivity index (χ4v) is 0.781. The predicted molar refractivity (Wildman–Crippen MR) is 19.1 cm³/mol. The van der Waals surface area contributed by atoms with Crippen molar-refractivity contribution < 1.29 is 28.9 Å². The van der Waals surface area contributed by atoms with Crippen LogP contribution in [0.15, 0.2) is 0 Å². The maximum absolute atomic E-state index is 9.79. The summed E-state index contributed by atoms with van der Waals surface area (Å²) in [5.74, 6) is 0. The summed E-state index contributed by atoms with van der Waals surface area (Å²) in [5, 5.41) is 0. The first-order valence-corrected chi connectivity index (χ1v) is 4.10. The quantitative estimate of drug-likeness (QED) is 0.569. The minimum absolute atomic E-state index is 0.412. The topological polar surface area (TPSA) is 46.5 Å². The van der Waals surface area contributed by atoms with Gasteiger partial charge in [-0.1, -0.05) is 0 Å². The van der Waals surface area contributed by atoms with E-state index in [1.165, 1.54) is 0 Å². The molecule has 0 fully saturated rings. The maximum atomic E-state index is 9.79. The second kappa shape index (κ2) is 4.59. The Bertz CT molecular complexity index is 63.2. The van der Waals surface area contributed by atoms with E-state index < -0.39 is 18.6 Å². The third-order valence-corrected chi connectivity index (χ3v) is 1.13. The van der Waals surface area contributed by atoms with Gasteiger partial charge in [0.1, 0.15) is 0 Å². The van der Waals surface area contributed by atoms with Crippen LogP contribution in [0.25, 0.3) is 0 Å². The zero-order valence-corrected chi connectivity index (χ0v) is 5.74. The van der Waals surface area contributed by atoms with Crippen LogP contribution in [0.2, 0.25) is 0 Å². The molecule has 0 spiro atoms. The van der Waals surface area contributed by atoms with Crippen molar-refractivity contribution in [2.45, 2.75) is 13.3 Å². The predicted octanol–water partition coefficient (Wildman–Crippen LogP) is 0.199. The second-order valence-corrected chi connectivity index (χ2v) is 2.40. The van der Waals surface area contributed by atoms with Gasteiger partial charge in [-0.05, 0) is 0 Å². The van der Waals surface area contributed by atoms with Crippen molar-refractivity contribution in [3.63, 3.8) is 0 Å². The molecule has 0 atom stereocenters. The van der Waals surface area contributed by atoms with Crippen molar-refractivity contribution in [1.82, 2.24) is 0 Å². The Balaban J connectivity index is 2.82. The van der Waals surface area contributed by atoms with Gasteiger partial charge < -0.3 is 0 Å². The van der Waals surface area contributed by atoms with Crippen molar-refractivity contribution in [3.05, 3.63) is 0 Å². The van der Waals surface area contributed by atoms with Gasteiger partial charge in [0.2, 0.25) is 0 Å². The van der Waals surface area contributed by atoms with Gasteiger partial charge in [-0.3, -0.25) is 0 Å². The van der Waals surface area contributed by atoms with E-state index in [1.54, 1.807) is 0 Å². The van der Waals surface area contributed by atoms with Crippen LogP contribution in [-0.4, -0.2) is 10.3 Å². The van der Waals surface area contributed by atoms with E-state index >= 15 is 0 Å². The molecule has 0 rings (SSSR count). The molecule has 0 aliphatic rings. The molecule has 7 heavy (non-hydrogen) atoms. The Labute approximate surface area is 49.4 Å². The SMILES string of the molecule is CCC[O][Ti](=[O])[OH]. The summed E-state index contributed by atoms with van der Waals surface area (Å²) in [6.45, 7) is 2.30. The number of hydrogen-bond donors (Lipinski definition) is 1. The third kappa shape index (κ3) is 6.43. The summed E-state index contributed by atoms with van der Waals surface area (Å²) in [6.07, 6.45) is 0.805. The van der Waals surface area contributed by atoms with Gasteiger partial charge in [0.25, 0.3) is 0 Å². The molecule has 0 unspecified atom stereocenters. The number of hydrogen-bond acceptors (Lipinski definition) is 2. The van der Waals surface area contributed by atoms with Gasteiger partial charge in [0.15, 0.2) is 0 Å². The van der Waals surface area contributed by atoms with Crippen molar-refractivity contribution >= 4 is 0 Å². The van der Waals surface area contributed by atoms with E-state index in [1.807, 2.05) is 6.92 Å². The van der Waals surface area contributed by atoms with Crippen LogP contribution in [0.4, 0.5) is 0 Å². The molecule has 1 N–H and O–H groups in total. The average Bonchev–Trinajstić information content (AvgIpc) is 1.61. The van der Waals surface area contributed by atoms with Gasteiger partial charge in [0, 0.05) is 0 Å². The van der Waals surface area contributed by atoms with Gasteiger partial charge in [-0.25, -0.2) is 0 Å². The molecule has 0 saturated carbocycles. The summed E-state index contributed by atoms with van der Waals surface area (Å²) in [5.41, 5.74) is 0. The van der Waals surface area contributed by atoms with Crippen LogP contribution < -0.4 is 0 Å². The van der Waals surface area contributed by atoms with E-state index in [4.69, 9.17) is 3.69 Å². The van der Waals surface area contributed by atoms with Crippen LogP contribution in [0.5, 0.6) is 0 Å². The van der Waals surface area contributed by atoms with E-state index in [0.29, 0.717) is 6.61 Å². The zero-order chi connectivity index (χ0) is 5.70. The van der Waals surface area contributed by atoms with Gasteiger partial charge in [0.05, 0.1) is 0 Å². The van der Waals surface area contributed by atoms with Crippen LogP contribution in [0.3, 0.4) is 0 Å². The molecule has 0 heterocycles. The molecule has 42 valence electrons. The summed E-state index contributed by atoms with van der Waals surface area (Å²) in [6, 6.07) is 0. The van der Waals surface area contributed by atoms with Gasteiger partial charge >= 0.3 is 48.9 Å². The Morgan fingerprint density at radius 1 is 1.86 bits per heavy atom. The Morgan fingerprint density at radius 3 is 2.57 bits per heavy atom. The van der Waals surface area contributed by atoms with Gasteiger partial charge in [-0.2, -0.15) is 0 Å². The summed E-state index contributed by atoms with van der Waals surface area (Å²) in [7, 11) is 0. The van der Waals surface area contributed by atoms with E-state index in [0.717, 1.165) is 6.42 Å². The second-order valence-electron chi connectivity index (χ2n) is 1.11. The molecule has 0 aromatic carbocycles. The number of rotatable bonds is 3. The van der Waals surface area contributed by atoms with Gasteiger partial charge in [-0.15, -0.1) is 0 Å². The van der Waals surface area contributed by atoms with Crippen molar-refractivity contribution in [2.75, 3.05) is 6.61 Å². The van der Waals surface area contributed by atoms with E-state index in [9.17, 15) is 3.32 Å². The molecular formula is C3H8O3Ti. The molecule has 0 aromatic rings. The first-order valence-electron chi connectivity index (χ1n) is 2.13. The molecule has 0 aliphatic heterocycles. The normalized spacial score (nSPS) is 8.86. The van der Waals surface area contributed by atoms with Crippen molar-refractivity contribution in [1.29, 1.82) is 0 Å². The Kier molecular flexibility index (Phi) is 4.87. The third-order valence-electron chi connectivity index (χ3n) is 0.430. The molecule has 0 aliphatic carbocycles. The van der Waals surface area contributed by atoms with Crippen molar-refractivity contribution in [3.8, 4) is 0 Å². The van der Waals surface area contributed by atoms with Crippen LogP contribution in [-0.2, 0) is 25.3 Å². The average molecular weight is 140 g/mol. The summed E-state index contributed by atoms with van der Waals surface area (Å²) in [4.78, 5) is 0. The zero-order valence-electron chi connectivity index (χ0n) is 4.18.